The zero-order valence-corrected chi connectivity index (χ0v) is 7.95. The molecule has 1 heterocycles. The van der Waals surface area contributed by atoms with Crippen LogP contribution in [0.3, 0.4) is 0 Å². The molecule has 1 unspecified atom stereocenters. The fourth-order valence-electron chi connectivity index (χ4n) is 1.55. The lowest BCUT2D eigenvalue weighted by atomic mass is 10.1. The Morgan fingerprint density at radius 2 is 2.33 bits per heavy atom. The molecule has 2 N–H and O–H groups in total. The van der Waals surface area contributed by atoms with E-state index in [-0.39, 0.29) is 13.1 Å². The normalized spacial score (nSPS) is 22.9. The number of hydrogen-bond donors (Lipinski definition) is 2. The van der Waals surface area contributed by atoms with Crippen molar-refractivity contribution in [3.63, 3.8) is 0 Å². The predicted octanol–water partition coefficient (Wildman–Crippen LogP) is -0.473. The van der Waals surface area contributed by atoms with Crippen molar-refractivity contribution in [2.45, 2.75) is 18.9 Å². The Balaban J connectivity index is 2.63. The molecule has 86 valence electrons. The van der Waals surface area contributed by atoms with Crippen LogP contribution in [-0.2, 0) is 9.59 Å². The number of aliphatic carboxylic acids is 1. The Labute approximate surface area is 85.0 Å². The Morgan fingerprint density at radius 3 is 2.87 bits per heavy atom. The molecule has 15 heavy (non-hydrogen) atoms. The number of carboxylic acid groups (broad SMARTS) is 1. The van der Waals surface area contributed by atoms with Gasteiger partial charge in [0.1, 0.15) is 0 Å². The fraction of sp³-hybridized carbons (Fsp3) is 0.750. The van der Waals surface area contributed by atoms with Gasteiger partial charge in [-0.05, 0) is 0 Å². The van der Waals surface area contributed by atoms with E-state index in [4.69, 9.17) is 5.11 Å². The largest absolute Gasteiger partial charge is 0.481 e. The highest BCUT2D eigenvalue weighted by Gasteiger charge is 2.32. The van der Waals surface area contributed by atoms with Gasteiger partial charge in [0.05, 0.1) is 19.0 Å². The van der Waals surface area contributed by atoms with Crippen molar-refractivity contribution >= 4 is 11.9 Å². The van der Waals surface area contributed by atoms with Crippen LogP contribution < -0.4 is 5.32 Å². The molecule has 0 radical (unpaired) electrons. The molecule has 1 atom stereocenters. The van der Waals surface area contributed by atoms with E-state index < -0.39 is 37.3 Å². The Bertz CT molecular complexity index is 260. The second kappa shape index (κ2) is 5.01. The van der Waals surface area contributed by atoms with Crippen LogP contribution in [-0.4, -0.2) is 54.0 Å². The number of hydrogen-bond acceptors (Lipinski definition) is 3. The average Bonchev–Trinajstić information content (AvgIpc) is 2.09. The maximum atomic E-state index is 12.1. The monoisotopic (exact) mass is 222 g/mol. The second-order valence-electron chi connectivity index (χ2n) is 3.29. The van der Waals surface area contributed by atoms with Crippen LogP contribution in [0.25, 0.3) is 0 Å². The first-order valence-corrected chi connectivity index (χ1v) is 4.52. The average molecular weight is 222 g/mol. The molecule has 1 aliphatic rings. The van der Waals surface area contributed by atoms with Gasteiger partial charge in [-0.3, -0.25) is 14.5 Å². The Morgan fingerprint density at radius 1 is 1.67 bits per heavy atom. The molecule has 0 aliphatic carbocycles. The highest BCUT2D eigenvalue weighted by molar-refractivity contribution is 5.86. The lowest BCUT2D eigenvalue weighted by molar-refractivity contribution is -0.143. The van der Waals surface area contributed by atoms with Crippen LogP contribution >= 0.6 is 0 Å². The van der Waals surface area contributed by atoms with Gasteiger partial charge in [-0.2, -0.15) is 0 Å². The number of nitrogens with one attached hydrogen (secondary N) is 1. The van der Waals surface area contributed by atoms with E-state index in [1.54, 1.807) is 0 Å². The van der Waals surface area contributed by atoms with Gasteiger partial charge in [0.25, 0.3) is 6.43 Å². The molecule has 0 aromatic heterocycles. The third kappa shape index (κ3) is 3.43. The van der Waals surface area contributed by atoms with Gasteiger partial charge in [-0.25, -0.2) is 8.78 Å². The predicted molar refractivity (Wildman–Crippen MR) is 46.6 cm³/mol. The standard InChI is InChI=1S/C8H12F2N2O3/c9-6(10)4-12-2-1-11-8(15)5(12)3-7(13)14/h5-6H,1-4H2,(H,11,15)(H,13,14). The number of piperazine rings is 1. The molecule has 0 spiro atoms. The highest BCUT2D eigenvalue weighted by Crippen LogP contribution is 2.11. The molecular weight excluding hydrogens is 210 g/mol. The van der Waals surface area contributed by atoms with Gasteiger partial charge in [-0.15, -0.1) is 0 Å². The molecule has 7 heteroatoms. The van der Waals surface area contributed by atoms with E-state index in [9.17, 15) is 18.4 Å². The van der Waals surface area contributed by atoms with Crippen LogP contribution in [0.4, 0.5) is 8.78 Å². The number of nitrogens with zero attached hydrogens (tertiary/aromatic N) is 1. The van der Waals surface area contributed by atoms with Crippen molar-refractivity contribution < 1.29 is 23.5 Å². The summed E-state index contributed by atoms with van der Waals surface area (Å²) in [7, 11) is 0. The zero-order chi connectivity index (χ0) is 11.4. The number of halogens is 2. The quantitative estimate of drug-likeness (QED) is 0.674. The summed E-state index contributed by atoms with van der Waals surface area (Å²) in [6.07, 6.45) is -3.01. The van der Waals surface area contributed by atoms with E-state index >= 15 is 0 Å². The number of carboxylic acids is 1. The Hall–Kier alpha value is -1.24. The molecule has 1 rings (SSSR count). The summed E-state index contributed by atoms with van der Waals surface area (Å²) < 4.78 is 24.3. The second-order valence-corrected chi connectivity index (χ2v) is 3.29. The third-order valence-corrected chi connectivity index (χ3v) is 2.18. The molecule has 0 bridgehead atoms. The van der Waals surface area contributed by atoms with Gasteiger partial charge < -0.3 is 10.4 Å². The van der Waals surface area contributed by atoms with Gasteiger partial charge in [-0.1, -0.05) is 0 Å². The molecule has 0 saturated carbocycles. The lowest BCUT2D eigenvalue weighted by Gasteiger charge is -2.33. The van der Waals surface area contributed by atoms with Crippen LogP contribution in [0, 0.1) is 0 Å². The molecule has 5 nitrogen and oxygen atoms in total. The number of carbonyl (C=O) groups excluding carboxylic acids is 1. The Kier molecular flexibility index (Phi) is 3.96. The number of rotatable bonds is 4. The third-order valence-electron chi connectivity index (χ3n) is 2.18. The lowest BCUT2D eigenvalue weighted by Crippen LogP contribution is -2.56. The molecule has 1 aliphatic heterocycles. The topological polar surface area (TPSA) is 69.6 Å². The minimum atomic E-state index is -2.56. The van der Waals surface area contributed by atoms with Crippen molar-refractivity contribution in [3.05, 3.63) is 0 Å². The van der Waals surface area contributed by atoms with Crippen molar-refractivity contribution in [2.75, 3.05) is 19.6 Å². The molecule has 1 saturated heterocycles. The van der Waals surface area contributed by atoms with Gasteiger partial charge in [0.15, 0.2) is 0 Å². The molecule has 1 amide bonds. The molecule has 1 fully saturated rings. The first kappa shape index (κ1) is 11.8. The summed E-state index contributed by atoms with van der Waals surface area (Å²) in [4.78, 5) is 22.9. The number of amides is 1. The van der Waals surface area contributed by atoms with Gasteiger partial charge in [0.2, 0.25) is 5.91 Å². The van der Waals surface area contributed by atoms with E-state index in [0.29, 0.717) is 0 Å². The van der Waals surface area contributed by atoms with Crippen molar-refractivity contribution in [1.82, 2.24) is 10.2 Å². The van der Waals surface area contributed by atoms with Gasteiger partial charge in [0, 0.05) is 13.1 Å². The zero-order valence-electron chi connectivity index (χ0n) is 7.95. The van der Waals surface area contributed by atoms with Crippen LogP contribution in [0.2, 0.25) is 0 Å². The van der Waals surface area contributed by atoms with E-state index in [0.717, 1.165) is 0 Å². The fourth-order valence-corrected chi connectivity index (χ4v) is 1.55. The smallest absolute Gasteiger partial charge is 0.305 e. The molecule has 0 aromatic carbocycles. The SMILES string of the molecule is O=C(O)CC1C(=O)NCCN1CC(F)F. The summed E-state index contributed by atoms with van der Waals surface area (Å²) in [5.41, 5.74) is 0. The highest BCUT2D eigenvalue weighted by atomic mass is 19.3. The molecule has 0 aromatic rings. The van der Waals surface area contributed by atoms with Crippen molar-refractivity contribution in [2.24, 2.45) is 0 Å². The van der Waals surface area contributed by atoms with Crippen molar-refractivity contribution in [3.8, 4) is 0 Å². The van der Waals surface area contributed by atoms with Gasteiger partial charge >= 0.3 is 5.97 Å². The summed E-state index contributed by atoms with van der Waals surface area (Å²) in [5.74, 6) is -1.67. The number of carbonyl (C=O) groups is 2. The number of alkyl halides is 2. The summed E-state index contributed by atoms with van der Waals surface area (Å²) in [5, 5.41) is 11.0. The summed E-state index contributed by atoms with van der Waals surface area (Å²) in [6.45, 7) is -0.0267. The summed E-state index contributed by atoms with van der Waals surface area (Å²) in [6, 6.07) is -0.981. The van der Waals surface area contributed by atoms with E-state index in [1.165, 1.54) is 4.90 Å². The maximum absolute atomic E-state index is 12.1. The van der Waals surface area contributed by atoms with Crippen LogP contribution in [0.15, 0.2) is 0 Å². The van der Waals surface area contributed by atoms with E-state index in [2.05, 4.69) is 5.32 Å². The molecular formula is C8H12F2N2O3. The van der Waals surface area contributed by atoms with Crippen LogP contribution in [0.5, 0.6) is 0 Å². The van der Waals surface area contributed by atoms with Crippen molar-refractivity contribution in [1.29, 1.82) is 0 Å². The summed E-state index contributed by atoms with van der Waals surface area (Å²) >= 11 is 0. The first-order chi connectivity index (χ1) is 7.00. The minimum absolute atomic E-state index is 0.258. The maximum Gasteiger partial charge on any atom is 0.305 e. The minimum Gasteiger partial charge on any atom is -0.481 e. The first-order valence-electron chi connectivity index (χ1n) is 4.52. The van der Waals surface area contributed by atoms with E-state index in [1.807, 2.05) is 0 Å². The van der Waals surface area contributed by atoms with Crippen LogP contribution in [0.1, 0.15) is 6.42 Å².